The minimum absolute atomic E-state index is 0.346. The van der Waals surface area contributed by atoms with Gasteiger partial charge >= 0.3 is 0 Å². The highest BCUT2D eigenvalue weighted by Gasteiger charge is 2.39. The van der Waals surface area contributed by atoms with Gasteiger partial charge in [-0.15, -0.1) is 0 Å². The summed E-state index contributed by atoms with van der Waals surface area (Å²) in [5.74, 6) is 2.01. The van der Waals surface area contributed by atoms with Crippen LogP contribution >= 0.6 is 11.8 Å². The van der Waals surface area contributed by atoms with E-state index in [1.54, 1.807) is 0 Å². The van der Waals surface area contributed by atoms with Crippen molar-refractivity contribution in [2.45, 2.75) is 71.5 Å². The van der Waals surface area contributed by atoms with Crippen LogP contribution in [0.2, 0.25) is 0 Å². The fraction of sp³-hybridized carbons (Fsp3) is 1.00. The number of rotatable bonds is 7. The van der Waals surface area contributed by atoms with E-state index in [0.29, 0.717) is 17.6 Å². The molecule has 1 fully saturated rings. The van der Waals surface area contributed by atoms with Gasteiger partial charge in [0.15, 0.2) is 0 Å². The third-order valence-corrected chi connectivity index (χ3v) is 5.67. The summed E-state index contributed by atoms with van der Waals surface area (Å²) in [4.78, 5) is 2.80. The van der Waals surface area contributed by atoms with Crippen molar-refractivity contribution in [1.29, 1.82) is 0 Å². The minimum atomic E-state index is 0.346. The van der Waals surface area contributed by atoms with Crippen LogP contribution in [-0.2, 0) is 0 Å². The molecule has 2 atom stereocenters. The highest BCUT2D eigenvalue weighted by molar-refractivity contribution is 7.98. The second kappa shape index (κ2) is 7.90. The van der Waals surface area contributed by atoms with Crippen LogP contribution in [0.25, 0.3) is 0 Å². The number of thioether (sulfide) groups is 1. The second-order valence-electron chi connectivity index (χ2n) is 6.48. The second-order valence-corrected chi connectivity index (χ2v) is 7.47. The van der Waals surface area contributed by atoms with Crippen LogP contribution in [0.3, 0.4) is 0 Å². The fourth-order valence-electron chi connectivity index (χ4n) is 3.24. The van der Waals surface area contributed by atoms with Gasteiger partial charge in [0.1, 0.15) is 0 Å². The molecule has 0 aliphatic carbocycles. The van der Waals surface area contributed by atoms with Gasteiger partial charge in [-0.05, 0) is 44.1 Å². The maximum absolute atomic E-state index is 3.86. The van der Waals surface area contributed by atoms with E-state index >= 15 is 0 Å². The molecule has 1 saturated heterocycles. The zero-order chi connectivity index (χ0) is 14.5. The molecule has 0 radical (unpaired) electrons. The first-order valence-corrected chi connectivity index (χ1v) is 9.38. The standard InChI is InChI=1S/C16H34N2S/c1-7-16(8-2)12-18(14(5)9-10-19-6)15(11-17-16)13(3)4/h13-15,17H,7-12H2,1-6H3. The molecule has 1 aliphatic rings. The molecular weight excluding hydrogens is 252 g/mol. The number of hydrogen-bond acceptors (Lipinski definition) is 3. The first kappa shape index (κ1) is 17.3. The molecule has 0 saturated carbocycles. The zero-order valence-corrected chi connectivity index (χ0v) is 14.6. The van der Waals surface area contributed by atoms with Gasteiger partial charge in [-0.1, -0.05) is 27.7 Å². The molecule has 2 unspecified atom stereocenters. The van der Waals surface area contributed by atoms with E-state index in [4.69, 9.17) is 0 Å². The maximum Gasteiger partial charge on any atom is 0.0304 e. The molecule has 1 rings (SSSR count). The van der Waals surface area contributed by atoms with E-state index < -0.39 is 0 Å². The van der Waals surface area contributed by atoms with Crippen molar-refractivity contribution in [3.05, 3.63) is 0 Å². The maximum atomic E-state index is 3.86. The number of nitrogens with one attached hydrogen (secondary N) is 1. The van der Waals surface area contributed by atoms with Gasteiger partial charge in [0.2, 0.25) is 0 Å². The summed E-state index contributed by atoms with van der Waals surface area (Å²) in [6.45, 7) is 14.2. The van der Waals surface area contributed by atoms with E-state index in [9.17, 15) is 0 Å². The van der Waals surface area contributed by atoms with Gasteiger partial charge in [-0.2, -0.15) is 11.8 Å². The van der Waals surface area contributed by atoms with Gasteiger partial charge in [0.05, 0.1) is 0 Å². The lowest BCUT2D eigenvalue weighted by molar-refractivity contribution is 0.0213. The van der Waals surface area contributed by atoms with Gasteiger partial charge in [0, 0.05) is 30.7 Å². The molecule has 0 amide bonds. The third kappa shape index (κ3) is 4.37. The Bertz CT molecular complexity index is 251. The lowest BCUT2D eigenvalue weighted by Crippen LogP contribution is -2.66. The van der Waals surface area contributed by atoms with Crippen molar-refractivity contribution in [3.63, 3.8) is 0 Å². The van der Waals surface area contributed by atoms with Crippen molar-refractivity contribution in [2.24, 2.45) is 5.92 Å². The summed E-state index contributed by atoms with van der Waals surface area (Å²) in [6.07, 6.45) is 6.00. The van der Waals surface area contributed by atoms with Crippen molar-refractivity contribution in [1.82, 2.24) is 10.2 Å². The monoisotopic (exact) mass is 286 g/mol. The molecule has 1 aliphatic heterocycles. The molecule has 19 heavy (non-hydrogen) atoms. The first-order valence-electron chi connectivity index (χ1n) is 7.99. The highest BCUT2D eigenvalue weighted by atomic mass is 32.2. The lowest BCUT2D eigenvalue weighted by atomic mass is 9.85. The van der Waals surface area contributed by atoms with Crippen LogP contribution in [0.5, 0.6) is 0 Å². The van der Waals surface area contributed by atoms with Gasteiger partial charge in [-0.25, -0.2) is 0 Å². The topological polar surface area (TPSA) is 15.3 Å². The first-order chi connectivity index (χ1) is 8.99. The van der Waals surface area contributed by atoms with E-state index in [1.807, 2.05) is 11.8 Å². The molecule has 2 nitrogen and oxygen atoms in total. The van der Waals surface area contributed by atoms with Crippen LogP contribution in [0.1, 0.15) is 53.9 Å². The summed E-state index contributed by atoms with van der Waals surface area (Å²) < 4.78 is 0. The molecule has 0 spiro atoms. The average Bonchev–Trinajstić information content (AvgIpc) is 2.43. The Morgan fingerprint density at radius 3 is 2.37 bits per heavy atom. The van der Waals surface area contributed by atoms with E-state index in [-0.39, 0.29) is 0 Å². The van der Waals surface area contributed by atoms with Crippen LogP contribution in [0.15, 0.2) is 0 Å². The number of piperazine rings is 1. The Balaban J connectivity index is 2.78. The van der Waals surface area contributed by atoms with Crippen LogP contribution in [-0.4, -0.2) is 47.6 Å². The highest BCUT2D eigenvalue weighted by Crippen LogP contribution is 2.28. The molecule has 3 heteroatoms. The fourth-order valence-corrected chi connectivity index (χ4v) is 3.82. The van der Waals surface area contributed by atoms with Crippen LogP contribution in [0.4, 0.5) is 0 Å². The van der Waals surface area contributed by atoms with Crippen molar-refractivity contribution >= 4 is 11.8 Å². The Morgan fingerprint density at radius 1 is 1.26 bits per heavy atom. The zero-order valence-electron chi connectivity index (χ0n) is 13.8. The van der Waals surface area contributed by atoms with Gasteiger partial charge < -0.3 is 5.32 Å². The number of nitrogens with zero attached hydrogens (tertiary/aromatic N) is 1. The predicted octanol–water partition coefficient (Wildman–Crippen LogP) is 3.62. The quantitative estimate of drug-likeness (QED) is 0.769. The Labute approximate surface area is 125 Å². The molecule has 0 aromatic rings. The minimum Gasteiger partial charge on any atom is -0.308 e. The molecule has 114 valence electrons. The normalized spacial score (nSPS) is 25.7. The number of hydrogen-bond donors (Lipinski definition) is 1. The van der Waals surface area contributed by atoms with Crippen LogP contribution in [0, 0.1) is 5.92 Å². The smallest absolute Gasteiger partial charge is 0.0304 e. The SMILES string of the molecule is CCC1(CC)CN(C(C)CCSC)C(C(C)C)CN1. The van der Waals surface area contributed by atoms with Crippen molar-refractivity contribution in [3.8, 4) is 0 Å². The molecule has 0 aromatic carbocycles. The summed E-state index contributed by atoms with van der Waals surface area (Å²) in [5.41, 5.74) is 0.346. The largest absolute Gasteiger partial charge is 0.308 e. The summed E-state index contributed by atoms with van der Waals surface area (Å²) in [5, 5.41) is 3.86. The van der Waals surface area contributed by atoms with Gasteiger partial charge in [0.25, 0.3) is 0 Å². The van der Waals surface area contributed by atoms with E-state index in [1.165, 1.54) is 31.6 Å². The molecular formula is C16H34N2S. The summed E-state index contributed by atoms with van der Waals surface area (Å²) in [6, 6.07) is 1.41. The average molecular weight is 287 g/mol. The molecule has 0 bridgehead atoms. The summed E-state index contributed by atoms with van der Waals surface area (Å²) >= 11 is 1.97. The van der Waals surface area contributed by atoms with E-state index in [2.05, 4.69) is 51.1 Å². The van der Waals surface area contributed by atoms with E-state index in [0.717, 1.165) is 12.5 Å². The molecule has 1 heterocycles. The Morgan fingerprint density at radius 2 is 1.89 bits per heavy atom. The summed E-state index contributed by atoms with van der Waals surface area (Å²) in [7, 11) is 0. The van der Waals surface area contributed by atoms with Crippen molar-refractivity contribution in [2.75, 3.05) is 25.1 Å². The third-order valence-electron chi connectivity index (χ3n) is 5.03. The molecule has 1 N–H and O–H groups in total. The molecule has 0 aromatic heterocycles. The van der Waals surface area contributed by atoms with Crippen LogP contribution < -0.4 is 5.32 Å². The Kier molecular flexibility index (Phi) is 7.20. The lowest BCUT2D eigenvalue weighted by Gasteiger charge is -2.51. The van der Waals surface area contributed by atoms with Gasteiger partial charge in [-0.3, -0.25) is 4.90 Å². The van der Waals surface area contributed by atoms with Crippen molar-refractivity contribution < 1.29 is 0 Å². The Hall–Kier alpha value is 0.270. The predicted molar refractivity (Wildman–Crippen MR) is 89.1 cm³/mol.